The first-order valence-electron chi connectivity index (χ1n) is 4.38. The average molecular weight is 255 g/mol. The van der Waals surface area contributed by atoms with E-state index in [-0.39, 0.29) is 11.1 Å². The fraction of sp³-hybridized carbons (Fsp3) is 0.111. The molecule has 0 atom stereocenters. The zero-order valence-corrected chi connectivity index (χ0v) is 9.84. The molecule has 1 N–H and O–H groups in total. The number of amides is 1. The largest absolute Gasteiger partial charge is 0.297 e. The minimum Gasteiger partial charge on any atom is -0.297 e. The molecular weight excluding hydrogens is 248 g/mol. The summed E-state index contributed by atoms with van der Waals surface area (Å²) in [6.07, 6.45) is 1.47. The van der Waals surface area contributed by atoms with Gasteiger partial charge in [0.2, 0.25) is 5.13 Å². The highest BCUT2D eigenvalue weighted by Crippen LogP contribution is 2.13. The van der Waals surface area contributed by atoms with Gasteiger partial charge in [-0.1, -0.05) is 11.6 Å². The molecule has 2 rings (SSSR count). The molecule has 0 aliphatic heterocycles. The molecule has 5 nitrogen and oxygen atoms in total. The Morgan fingerprint density at radius 2 is 2.38 bits per heavy atom. The van der Waals surface area contributed by atoms with Crippen LogP contribution in [0.3, 0.4) is 0 Å². The molecule has 2 aromatic rings. The van der Waals surface area contributed by atoms with Crippen molar-refractivity contribution in [2.45, 2.75) is 6.92 Å². The number of hydrogen-bond donors (Lipinski definition) is 1. The normalized spacial score (nSPS) is 10.1. The fourth-order valence-corrected chi connectivity index (χ4v) is 1.81. The summed E-state index contributed by atoms with van der Waals surface area (Å²) in [5.41, 5.74) is 0.438. The highest BCUT2D eigenvalue weighted by atomic mass is 35.5. The van der Waals surface area contributed by atoms with Crippen molar-refractivity contribution in [1.29, 1.82) is 0 Å². The molecule has 0 unspecified atom stereocenters. The molecule has 0 aromatic carbocycles. The number of pyridine rings is 1. The number of carbonyl (C=O) groups excluding carboxylic acids is 1. The lowest BCUT2D eigenvalue weighted by Crippen LogP contribution is -2.11. The standard InChI is InChI=1S/C9H7ClN4OS/c1-5-12-9(16-14-5)13-8(15)6-2-3-11-7(10)4-6/h2-4H,1H3,(H,12,13,14,15). The van der Waals surface area contributed by atoms with E-state index in [1.54, 1.807) is 13.0 Å². The van der Waals surface area contributed by atoms with Gasteiger partial charge in [0.1, 0.15) is 11.0 Å². The van der Waals surface area contributed by atoms with Crippen LogP contribution in [0.2, 0.25) is 5.15 Å². The molecule has 2 aromatic heterocycles. The van der Waals surface area contributed by atoms with Crippen molar-refractivity contribution in [3.63, 3.8) is 0 Å². The fourth-order valence-electron chi connectivity index (χ4n) is 1.06. The van der Waals surface area contributed by atoms with Crippen LogP contribution in [0.15, 0.2) is 18.3 Å². The van der Waals surface area contributed by atoms with E-state index in [1.807, 2.05) is 0 Å². The molecule has 0 saturated carbocycles. The molecule has 16 heavy (non-hydrogen) atoms. The number of halogens is 1. The molecule has 0 fully saturated rings. The number of rotatable bonds is 2. The predicted molar refractivity (Wildman–Crippen MR) is 61.8 cm³/mol. The second-order valence-electron chi connectivity index (χ2n) is 2.97. The minimum absolute atomic E-state index is 0.277. The van der Waals surface area contributed by atoms with Gasteiger partial charge in [-0.2, -0.15) is 4.37 Å². The maximum absolute atomic E-state index is 11.7. The summed E-state index contributed by atoms with van der Waals surface area (Å²) in [5, 5.41) is 3.37. The van der Waals surface area contributed by atoms with Crippen LogP contribution < -0.4 is 5.32 Å². The Kier molecular flexibility index (Phi) is 3.12. The molecule has 2 heterocycles. The van der Waals surface area contributed by atoms with Gasteiger partial charge in [-0.3, -0.25) is 10.1 Å². The molecule has 0 spiro atoms. The predicted octanol–water partition coefficient (Wildman–Crippen LogP) is 2.15. The molecule has 0 aliphatic carbocycles. The molecule has 82 valence electrons. The number of nitrogens with one attached hydrogen (secondary N) is 1. The molecular formula is C9H7ClN4OS. The number of anilines is 1. The molecule has 0 radical (unpaired) electrons. The second-order valence-corrected chi connectivity index (χ2v) is 4.11. The molecule has 0 bridgehead atoms. The summed E-state index contributed by atoms with van der Waals surface area (Å²) in [4.78, 5) is 19.5. The molecule has 0 saturated heterocycles. The summed E-state index contributed by atoms with van der Waals surface area (Å²) >= 11 is 6.81. The van der Waals surface area contributed by atoms with Crippen LogP contribution in [0, 0.1) is 6.92 Å². The topological polar surface area (TPSA) is 67.8 Å². The molecule has 7 heteroatoms. The van der Waals surface area contributed by atoms with Crippen LogP contribution in [0.4, 0.5) is 5.13 Å². The Labute approximate surface area is 101 Å². The van der Waals surface area contributed by atoms with Crippen LogP contribution >= 0.6 is 23.1 Å². The number of aryl methyl sites for hydroxylation is 1. The Hall–Kier alpha value is -1.53. The van der Waals surface area contributed by atoms with Crippen LogP contribution in [0.1, 0.15) is 16.2 Å². The zero-order valence-electron chi connectivity index (χ0n) is 8.27. The third kappa shape index (κ3) is 2.53. The lowest BCUT2D eigenvalue weighted by atomic mass is 10.2. The lowest BCUT2D eigenvalue weighted by Gasteiger charge is -2.00. The van der Waals surface area contributed by atoms with Crippen LogP contribution in [-0.2, 0) is 0 Å². The van der Waals surface area contributed by atoms with Crippen molar-refractivity contribution in [2.75, 3.05) is 5.32 Å². The first-order chi connectivity index (χ1) is 7.65. The van der Waals surface area contributed by atoms with Gasteiger partial charge in [0.15, 0.2) is 0 Å². The minimum atomic E-state index is -0.277. The Bertz CT molecular complexity index is 528. The lowest BCUT2D eigenvalue weighted by molar-refractivity contribution is 0.102. The van der Waals surface area contributed by atoms with E-state index >= 15 is 0 Å². The summed E-state index contributed by atoms with van der Waals surface area (Å²) in [5.74, 6) is 0.355. The van der Waals surface area contributed by atoms with E-state index in [0.717, 1.165) is 11.5 Å². The highest BCUT2D eigenvalue weighted by Gasteiger charge is 2.09. The van der Waals surface area contributed by atoms with E-state index in [4.69, 9.17) is 11.6 Å². The highest BCUT2D eigenvalue weighted by molar-refractivity contribution is 7.09. The van der Waals surface area contributed by atoms with Crippen LogP contribution in [0.25, 0.3) is 0 Å². The van der Waals surface area contributed by atoms with Crippen molar-refractivity contribution in [2.24, 2.45) is 0 Å². The summed E-state index contributed by atoms with van der Waals surface area (Å²) in [7, 11) is 0. The quantitative estimate of drug-likeness (QED) is 0.834. The van der Waals surface area contributed by atoms with Gasteiger partial charge in [-0.15, -0.1) is 0 Å². The first-order valence-corrected chi connectivity index (χ1v) is 5.53. The molecule has 1 amide bonds. The first kappa shape index (κ1) is 11.0. The van der Waals surface area contributed by atoms with Crippen molar-refractivity contribution >= 4 is 34.2 Å². The van der Waals surface area contributed by atoms with Crippen LogP contribution in [0.5, 0.6) is 0 Å². The van der Waals surface area contributed by atoms with Gasteiger partial charge in [0, 0.05) is 23.3 Å². The maximum atomic E-state index is 11.7. The van der Waals surface area contributed by atoms with Gasteiger partial charge in [0.05, 0.1) is 0 Å². The van der Waals surface area contributed by atoms with Gasteiger partial charge < -0.3 is 0 Å². The second kappa shape index (κ2) is 4.54. The van der Waals surface area contributed by atoms with E-state index in [0.29, 0.717) is 16.5 Å². The SMILES string of the molecule is Cc1nsc(NC(=O)c2ccnc(Cl)c2)n1. The molecule has 0 aliphatic rings. The van der Waals surface area contributed by atoms with Crippen molar-refractivity contribution in [3.05, 3.63) is 34.9 Å². The van der Waals surface area contributed by atoms with Crippen molar-refractivity contribution < 1.29 is 4.79 Å². The summed E-state index contributed by atoms with van der Waals surface area (Å²) < 4.78 is 3.96. The van der Waals surface area contributed by atoms with Crippen molar-refractivity contribution in [1.82, 2.24) is 14.3 Å². The Morgan fingerprint density at radius 1 is 1.56 bits per heavy atom. The van der Waals surface area contributed by atoms with Crippen LogP contribution in [-0.4, -0.2) is 20.2 Å². The van der Waals surface area contributed by atoms with E-state index in [2.05, 4.69) is 19.7 Å². The summed E-state index contributed by atoms with van der Waals surface area (Å²) in [6, 6.07) is 3.07. The third-order valence-electron chi connectivity index (χ3n) is 1.74. The van der Waals surface area contributed by atoms with Crippen molar-refractivity contribution in [3.8, 4) is 0 Å². The van der Waals surface area contributed by atoms with Gasteiger partial charge in [-0.05, 0) is 19.1 Å². The summed E-state index contributed by atoms with van der Waals surface area (Å²) in [6.45, 7) is 1.76. The maximum Gasteiger partial charge on any atom is 0.257 e. The van der Waals surface area contributed by atoms with Gasteiger partial charge in [0.25, 0.3) is 5.91 Å². The monoisotopic (exact) mass is 254 g/mol. The van der Waals surface area contributed by atoms with Gasteiger partial charge >= 0.3 is 0 Å². The Morgan fingerprint density at radius 3 is 3.00 bits per heavy atom. The zero-order chi connectivity index (χ0) is 11.5. The number of nitrogens with zero attached hydrogens (tertiary/aromatic N) is 3. The number of aromatic nitrogens is 3. The third-order valence-corrected chi connectivity index (χ3v) is 2.67. The average Bonchev–Trinajstić information content (AvgIpc) is 2.64. The van der Waals surface area contributed by atoms with E-state index < -0.39 is 0 Å². The smallest absolute Gasteiger partial charge is 0.257 e. The van der Waals surface area contributed by atoms with E-state index in [9.17, 15) is 4.79 Å². The number of hydrogen-bond acceptors (Lipinski definition) is 5. The van der Waals surface area contributed by atoms with E-state index in [1.165, 1.54) is 12.3 Å². The van der Waals surface area contributed by atoms with Gasteiger partial charge in [-0.25, -0.2) is 9.97 Å². The number of carbonyl (C=O) groups is 1. The Balaban J connectivity index is 2.14.